The van der Waals surface area contributed by atoms with Crippen LogP contribution in [-0.2, 0) is 0 Å². The standard InChI is InChI=1S/C8H11FN2/c9-8-3-1-5-11(7-8)6-2-4-10/h3H,1-2,5-7H2. The first kappa shape index (κ1) is 8.22. The van der Waals surface area contributed by atoms with E-state index in [0.717, 1.165) is 13.0 Å². The Hall–Kier alpha value is -0.880. The Labute approximate surface area is 65.9 Å². The monoisotopic (exact) mass is 154 g/mol. The van der Waals surface area contributed by atoms with Crippen molar-refractivity contribution < 1.29 is 4.39 Å². The fourth-order valence-electron chi connectivity index (χ4n) is 1.16. The zero-order valence-electron chi connectivity index (χ0n) is 6.39. The van der Waals surface area contributed by atoms with E-state index in [0.29, 0.717) is 19.5 Å². The summed E-state index contributed by atoms with van der Waals surface area (Å²) in [5.41, 5.74) is 0. The molecule has 0 saturated heterocycles. The first-order valence-electron chi connectivity index (χ1n) is 3.77. The second-order valence-corrected chi connectivity index (χ2v) is 2.62. The fourth-order valence-corrected chi connectivity index (χ4v) is 1.16. The Kier molecular flexibility index (Phi) is 3.06. The minimum absolute atomic E-state index is 0.0609. The molecule has 0 aromatic heterocycles. The van der Waals surface area contributed by atoms with Crippen molar-refractivity contribution in [3.05, 3.63) is 11.9 Å². The molecule has 0 saturated carbocycles. The molecule has 1 heterocycles. The average Bonchev–Trinajstić information content (AvgIpc) is 2.01. The Bertz CT molecular complexity index is 193. The van der Waals surface area contributed by atoms with Crippen molar-refractivity contribution in [3.8, 4) is 6.07 Å². The summed E-state index contributed by atoms with van der Waals surface area (Å²) in [7, 11) is 0. The minimum atomic E-state index is -0.0609. The Balaban J connectivity index is 2.28. The molecular formula is C8H11FN2. The maximum atomic E-state index is 12.6. The lowest BCUT2D eigenvalue weighted by Gasteiger charge is -2.22. The van der Waals surface area contributed by atoms with Gasteiger partial charge in [0.15, 0.2) is 0 Å². The van der Waals surface area contributed by atoms with Gasteiger partial charge in [-0.15, -0.1) is 0 Å². The van der Waals surface area contributed by atoms with Crippen LogP contribution in [0.1, 0.15) is 12.8 Å². The van der Waals surface area contributed by atoms with E-state index in [9.17, 15) is 4.39 Å². The van der Waals surface area contributed by atoms with Crippen LogP contribution in [-0.4, -0.2) is 24.5 Å². The van der Waals surface area contributed by atoms with E-state index in [1.165, 1.54) is 0 Å². The van der Waals surface area contributed by atoms with E-state index >= 15 is 0 Å². The van der Waals surface area contributed by atoms with Crippen molar-refractivity contribution in [2.75, 3.05) is 19.6 Å². The van der Waals surface area contributed by atoms with Gasteiger partial charge in [-0.3, -0.25) is 4.90 Å². The molecule has 0 aromatic rings. The van der Waals surface area contributed by atoms with Gasteiger partial charge in [-0.1, -0.05) is 6.08 Å². The second kappa shape index (κ2) is 4.09. The third-order valence-corrected chi connectivity index (χ3v) is 1.73. The number of rotatable bonds is 2. The summed E-state index contributed by atoms with van der Waals surface area (Å²) in [6, 6.07) is 2.05. The first-order valence-corrected chi connectivity index (χ1v) is 3.77. The third kappa shape index (κ3) is 2.69. The smallest absolute Gasteiger partial charge is 0.110 e. The lowest BCUT2D eigenvalue weighted by molar-refractivity contribution is 0.273. The molecule has 3 heteroatoms. The van der Waals surface area contributed by atoms with Gasteiger partial charge in [0, 0.05) is 26.1 Å². The zero-order chi connectivity index (χ0) is 8.10. The van der Waals surface area contributed by atoms with Gasteiger partial charge >= 0.3 is 0 Å². The highest BCUT2D eigenvalue weighted by Gasteiger charge is 2.10. The van der Waals surface area contributed by atoms with Crippen LogP contribution in [0.2, 0.25) is 0 Å². The van der Waals surface area contributed by atoms with Crippen LogP contribution in [0.5, 0.6) is 0 Å². The Morgan fingerprint density at radius 3 is 3.18 bits per heavy atom. The lowest BCUT2D eigenvalue weighted by atomic mass is 10.2. The Morgan fingerprint density at radius 1 is 1.73 bits per heavy atom. The summed E-state index contributed by atoms with van der Waals surface area (Å²) < 4.78 is 12.6. The summed E-state index contributed by atoms with van der Waals surface area (Å²) in [6.07, 6.45) is 2.88. The third-order valence-electron chi connectivity index (χ3n) is 1.73. The topological polar surface area (TPSA) is 27.0 Å². The number of hydrogen-bond donors (Lipinski definition) is 0. The molecular weight excluding hydrogens is 143 g/mol. The molecule has 0 atom stereocenters. The van der Waals surface area contributed by atoms with Gasteiger partial charge in [-0.25, -0.2) is 4.39 Å². The molecule has 1 aliphatic heterocycles. The molecule has 2 nitrogen and oxygen atoms in total. The predicted molar refractivity (Wildman–Crippen MR) is 40.5 cm³/mol. The summed E-state index contributed by atoms with van der Waals surface area (Å²) in [4.78, 5) is 1.96. The molecule has 0 amide bonds. The van der Waals surface area contributed by atoms with E-state index in [1.807, 2.05) is 11.0 Å². The van der Waals surface area contributed by atoms with E-state index in [1.54, 1.807) is 6.08 Å². The molecule has 60 valence electrons. The van der Waals surface area contributed by atoms with E-state index in [4.69, 9.17) is 5.26 Å². The summed E-state index contributed by atoms with van der Waals surface area (Å²) in [5.74, 6) is -0.0609. The highest BCUT2D eigenvalue weighted by molar-refractivity contribution is 4.99. The van der Waals surface area contributed by atoms with E-state index < -0.39 is 0 Å². The summed E-state index contributed by atoms with van der Waals surface area (Å²) in [6.45, 7) is 1.97. The highest BCUT2D eigenvalue weighted by Crippen LogP contribution is 2.09. The first-order chi connectivity index (χ1) is 5.33. The molecule has 0 spiro atoms. The van der Waals surface area contributed by atoms with Crippen molar-refractivity contribution in [3.63, 3.8) is 0 Å². The van der Waals surface area contributed by atoms with Gasteiger partial charge < -0.3 is 0 Å². The van der Waals surface area contributed by atoms with Gasteiger partial charge in [0.05, 0.1) is 6.07 Å². The molecule has 1 rings (SSSR count). The molecule has 0 aromatic carbocycles. The molecule has 0 radical (unpaired) electrons. The largest absolute Gasteiger partial charge is 0.295 e. The minimum Gasteiger partial charge on any atom is -0.295 e. The molecule has 0 unspecified atom stereocenters. The SMILES string of the molecule is N#CCCN1CCC=C(F)C1. The number of hydrogen-bond acceptors (Lipinski definition) is 2. The van der Waals surface area contributed by atoms with Gasteiger partial charge in [-0.2, -0.15) is 5.26 Å². The number of nitrogens with zero attached hydrogens (tertiary/aromatic N) is 2. The van der Waals surface area contributed by atoms with Crippen LogP contribution >= 0.6 is 0 Å². The second-order valence-electron chi connectivity index (χ2n) is 2.62. The van der Waals surface area contributed by atoms with Crippen LogP contribution in [0.25, 0.3) is 0 Å². The number of nitriles is 1. The molecule has 0 bridgehead atoms. The van der Waals surface area contributed by atoms with Gasteiger partial charge in [0.2, 0.25) is 0 Å². The quantitative estimate of drug-likeness (QED) is 0.602. The fraction of sp³-hybridized carbons (Fsp3) is 0.625. The molecule has 0 aliphatic carbocycles. The van der Waals surface area contributed by atoms with Crippen molar-refractivity contribution in [2.24, 2.45) is 0 Å². The van der Waals surface area contributed by atoms with Gasteiger partial charge in [0.1, 0.15) is 5.83 Å². The summed E-state index contributed by atoms with van der Waals surface area (Å²) in [5, 5.41) is 8.28. The normalized spacial score (nSPS) is 19.1. The molecule has 0 N–H and O–H groups in total. The van der Waals surface area contributed by atoms with Crippen LogP contribution in [0.4, 0.5) is 4.39 Å². The average molecular weight is 154 g/mol. The molecule has 1 aliphatic rings. The Morgan fingerprint density at radius 2 is 2.55 bits per heavy atom. The van der Waals surface area contributed by atoms with Crippen LogP contribution in [0.3, 0.4) is 0 Å². The van der Waals surface area contributed by atoms with Crippen LogP contribution < -0.4 is 0 Å². The van der Waals surface area contributed by atoms with E-state index in [2.05, 4.69) is 0 Å². The predicted octanol–water partition coefficient (Wildman–Crippen LogP) is 1.46. The lowest BCUT2D eigenvalue weighted by Crippen LogP contribution is -2.29. The maximum absolute atomic E-state index is 12.6. The van der Waals surface area contributed by atoms with Crippen molar-refractivity contribution in [2.45, 2.75) is 12.8 Å². The van der Waals surface area contributed by atoms with E-state index in [-0.39, 0.29) is 5.83 Å². The van der Waals surface area contributed by atoms with Crippen molar-refractivity contribution in [1.29, 1.82) is 5.26 Å². The van der Waals surface area contributed by atoms with Crippen molar-refractivity contribution >= 4 is 0 Å². The summed E-state index contributed by atoms with van der Waals surface area (Å²) >= 11 is 0. The van der Waals surface area contributed by atoms with Crippen LogP contribution in [0, 0.1) is 11.3 Å². The highest BCUT2D eigenvalue weighted by atomic mass is 19.1. The van der Waals surface area contributed by atoms with Crippen LogP contribution in [0.15, 0.2) is 11.9 Å². The zero-order valence-corrected chi connectivity index (χ0v) is 6.39. The van der Waals surface area contributed by atoms with Gasteiger partial charge in [0.25, 0.3) is 0 Å². The van der Waals surface area contributed by atoms with Gasteiger partial charge in [-0.05, 0) is 6.42 Å². The maximum Gasteiger partial charge on any atom is 0.110 e. The number of halogens is 1. The molecule has 11 heavy (non-hydrogen) atoms. The molecule has 0 fully saturated rings. The van der Waals surface area contributed by atoms with Crippen molar-refractivity contribution in [1.82, 2.24) is 4.90 Å².